The summed E-state index contributed by atoms with van der Waals surface area (Å²) in [4.78, 5) is 7.84. The Morgan fingerprint density at radius 2 is 2.00 bits per heavy atom. The highest BCUT2D eigenvalue weighted by molar-refractivity contribution is 5.76. The Kier molecular flexibility index (Phi) is 2.48. The van der Waals surface area contributed by atoms with Crippen LogP contribution < -0.4 is 5.32 Å². The highest BCUT2D eigenvalue weighted by Gasteiger charge is 2.32. The summed E-state index contributed by atoms with van der Waals surface area (Å²) in [5.74, 6) is 0. The Bertz CT molecular complexity index is 607. The Balaban J connectivity index is 2.16. The van der Waals surface area contributed by atoms with Crippen LogP contribution in [0, 0.1) is 0 Å². The number of aromatic nitrogens is 2. The van der Waals surface area contributed by atoms with Crippen LogP contribution in [0.2, 0.25) is 0 Å². The first-order valence-corrected chi connectivity index (χ1v) is 5.61. The van der Waals surface area contributed by atoms with Crippen LogP contribution in [-0.4, -0.2) is 16.5 Å². The molecular formula is C12H10F3N3. The first-order valence-electron chi connectivity index (χ1n) is 5.61. The number of rotatable bonds is 0. The van der Waals surface area contributed by atoms with E-state index in [1.54, 1.807) is 0 Å². The van der Waals surface area contributed by atoms with Crippen LogP contribution in [0.4, 0.5) is 13.2 Å². The van der Waals surface area contributed by atoms with Crippen molar-refractivity contribution in [3.63, 3.8) is 0 Å². The molecule has 1 N–H and O–H groups in total. The molecule has 0 spiro atoms. The summed E-state index contributed by atoms with van der Waals surface area (Å²) in [5, 5.41) is 3.84. The molecule has 2 aromatic heterocycles. The lowest BCUT2D eigenvalue weighted by atomic mass is 10.1. The molecular weight excluding hydrogens is 243 g/mol. The van der Waals surface area contributed by atoms with Crippen molar-refractivity contribution in [1.82, 2.24) is 15.3 Å². The summed E-state index contributed by atoms with van der Waals surface area (Å²) in [6.07, 6.45) is -3.70. The maximum absolute atomic E-state index is 12.6. The number of pyridine rings is 2. The number of fused-ring (bicyclic) bond motifs is 2. The average Bonchev–Trinajstić information content (AvgIpc) is 2.34. The van der Waals surface area contributed by atoms with E-state index in [0.717, 1.165) is 30.3 Å². The molecule has 6 heteroatoms. The predicted molar refractivity (Wildman–Crippen MR) is 60.0 cm³/mol. The van der Waals surface area contributed by atoms with Crippen LogP contribution in [0.5, 0.6) is 0 Å². The van der Waals surface area contributed by atoms with Crippen LogP contribution in [0.3, 0.4) is 0 Å². The molecule has 0 radical (unpaired) electrons. The molecule has 2 aromatic rings. The van der Waals surface area contributed by atoms with E-state index in [-0.39, 0.29) is 5.65 Å². The van der Waals surface area contributed by atoms with Crippen LogP contribution in [0.25, 0.3) is 11.0 Å². The minimum Gasteiger partial charge on any atom is -0.312 e. The van der Waals surface area contributed by atoms with Gasteiger partial charge < -0.3 is 5.32 Å². The lowest BCUT2D eigenvalue weighted by Crippen LogP contribution is -2.24. The lowest BCUT2D eigenvalue weighted by molar-refractivity contribution is -0.141. The van der Waals surface area contributed by atoms with E-state index >= 15 is 0 Å². The molecule has 0 aliphatic carbocycles. The zero-order valence-electron chi connectivity index (χ0n) is 9.38. The van der Waals surface area contributed by atoms with Gasteiger partial charge in [-0.3, -0.25) is 0 Å². The summed E-state index contributed by atoms with van der Waals surface area (Å²) in [7, 11) is 0. The molecule has 1 aliphatic heterocycles. The number of halogens is 3. The minimum absolute atomic E-state index is 0.172. The van der Waals surface area contributed by atoms with E-state index in [0.29, 0.717) is 11.9 Å². The zero-order valence-corrected chi connectivity index (χ0v) is 9.38. The maximum atomic E-state index is 12.6. The van der Waals surface area contributed by atoms with E-state index in [2.05, 4.69) is 15.3 Å². The third kappa shape index (κ3) is 1.92. The van der Waals surface area contributed by atoms with Crippen molar-refractivity contribution in [2.24, 2.45) is 0 Å². The standard InChI is InChI=1S/C12H10F3N3/c13-12(14,15)10-2-1-7-5-8-6-16-4-3-9(8)17-11(7)18-10/h1-2,5,16H,3-4,6H2. The van der Waals surface area contributed by atoms with Gasteiger partial charge in [-0.1, -0.05) is 0 Å². The van der Waals surface area contributed by atoms with E-state index in [4.69, 9.17) is 0 Å². The van der Waals surface area contributed by atoms with Crippen molar-refractivity contribution in [3.05, 3.63) is 35.2 Å². The quantitative estimate of drug-likeness (QED) is 0.782. The fraction of sp³-hybridized carbons (Fsp3) is 0.333. The van der Waals surface area contributed by atoms with E-state index in [9.17, 15) is 13.2 Å². The zero-order chi connectivity index (χ0) is 12.8. The molecule has 18 heavy (non-hydrogen) atoms. The normalized spacial score (nSPS) is 15.7. The number of hydrogen-bond donors (Lipinski definition) is 1. The Labute approximate surface area is 101 Å². The van der Waals surface area contributed by atoms with Crippen LogP contribution >= 0.6 is 0 Å². The number of alkyl halides is 3. The van der Waals surface area contributed by atoms with E-state index in [1.165, 1.54) is 6.07 Å². The molecule has 0 saturated carbocycles. The second kappa shape index (κ2) is 3.91. The predicted octanol–water partition coefficient (Wildman–Crippen LogP) is 2.29. The van der Waals surface area contributed by atoms with Crippen molar-refractivity contribution >= 4 is 11.0 Å². The molecule has 0 bridgehead atoms. The van der Waals surface area contributed by atoms with Crippen molar-refractivity contribution in [2.75, 3.05) is 6.54 Å². The summed E-state index contributed by atoms with van der Waals surface area (Å²) < 4.78 is 37.7. The Morgan fingerprint density at radius 1 is 1.17 bits per heavy atom. The van der Waals surface area contributed by atoms with Gasteiger partial charge in [-0.2, -0.15) is 13.2 Å². The topological polar surface area (TPSA) is 37.8 Å². The van der Waals surface area contributed by atoms with Gasteiger partial charge >= 0.3 is 6.18 Å². The van der Waals surface area contributed by atoms with Crippen LogP contribution in [0.15, 0.2) is 18.2 Å². The summed E-state index contributed by atoms with van der Waals surface area (Å²) in [5.41, 5.74) is 1.16. The van der Waals surface area contributed by atoms with Crippen molar-refractivity contribution in [1.29, 1.82) is 0 Å². The van der Waals surface area contributed by atoms with Crippen molar-refractivity contribution < 1.29 is 13.2 Å². The van der Waals surface area contributed by atoms with Gasteiger partial charge in [0.05, 0.1) is 0 Å². The van der Waals surface area contributed by atoms with Crippen molar-refractivity contribution in [3.8, 4) is 0 Å². The molecule has 0 aromatic carbocycles. The average molecular weight is 253 g/mol. The first-order chi connectivity index (χ1) is 8.54. The molecule has 3 rings (SSSR count). The number of nitrogens with one attached hydrogen (secondary N) is 1. The maximum Gasteiger partial charge on any atom is 0.433 e. The smallest absolute Gasteiger partial charge is 0.312 e. The molecule has 0 saturated heterocycles. The first kappa shape index (κ1) is 11.4. The molecule has 0 fully saturated rings. The van der Waals surface area contributed by atoms with E-state index in [1.807, 2.05) is 6.07 Å². The molecule has 0 unspecified atom stereocenters. The third-order valence-electron chi connectivity index (χ3n) is 2.99. The van der Waals surface area contributed by atoms with Crippen molar-refractivity contribution in [2.45, 2.75) is 19.1 Å². The molecule has 0 amide bonds. The molecule has 1 aliphatic rings. The van der Waals surface area contributed by atoms with Gasteiger partial charge in [0.2, 0.25) is 0 Å². The summed E-state index contributed by atoms with van der Waals surface area (Å²) in [6.45, 7) is 1.50. The fourth-order valence-electron chi connectivity index (χ4n) is 2.09. The Hall–Kier alpha value is -1.69. The fourth-order valence-corrected chi connectivity index (χ4v) is 2.09. The highest BCUT2D eigenvalue weighted by atomic mass is 19.4. The number of nitrogens with zero attached hydrogens (tertiary/aromatic N) is 2. The second-order valence-corrected chi connectivity index (χ2v) is 4.26. The summed E-state index contributed by atoms with van der Waals surface area (Å²) in [6, 6.07) is 4.27. The van der Waals surface area contributed by atoms with Gasteiger partial charge in [0, 0.05) is 30.6 Å². The van der Waals surface area contributed by atoms with Gasteiger partial charge in [-0.05, 0) is 23.8 Å². The van der Waals surface area contributed by atoms with Gasteiger partial charge in [-0.25, -0.2) is 9.97 Å². The lowest BCUT2D eigenvalue weighted by Gasteiger charge is -2.16. The largest absolute Gasteiger partial charge is 0.433 e. The number of hydrogen-bond acceptors (Lipinski definition) is 3. The van der Waals surface area contributed by atoms with Crippen LogP contribution in [-0.2, 0) is 19.1 Å². The molecule has 94 valence electrons. The van der Waals surface area contributed by atoms with Crippen LogP contribution in [0.1, 0.15) is 17.0 Å². The third-order valence-corrected chi connectivity index (χ3v) is 2.99. The minimum atomic E-state index is -4.42. The van der Waals surface area contributed by atoms with Gasteiger partial charge in [0.1, 0.15) is 5.69 Å². The second-order valence-electron chi connectivity index (χ2n) is 4.26. The molecule has 3 nitrogen and oxygen atoms in total. The monoisotopic (exact) mass is 253 g/mol. The molecule has 3 heterocycles. The highest BCUT2D eigenvalue weighted by Crippen LogP contribution is 2.29. The van der Waals surface area contributed by atoms with Gasteiger partial charge in [-0.15, -0.1) is 0 Å². The SMILES string of the molecule is FC(F)(F)c1ccc2cc3c(nc2n1)CCNC3. The molecule has 0 atom stereocenters. The summed E-state index contributed by atoms with van der Waals surface area (Å²) >= 11 is 0. The van der Waals surface area contributed by atoms with E-state index < -0.39 is 11.9 Å². The van der Waals surface area contributed by atoms with Gasteiger partial charge in [0.15, 0.2) is 5.65 Å². The van der Waals surface area contributed by atoms with Gasteiger partial charge in [0.25, 0.3) is 0 Å². The Morgan fingerprint density at radius 3 is 2.78 bits per heavy atom.